The molecular weight excluding hydrogens is 265 g/mol. The van der Waals surface area contributed by atoms with Crippen LogP contribution in [0.5, 0.6) is 0 Å². The van der Waals surface area contributed by atoms with E-state index in [-0.39, 0.29) is 6.54 Å². The van der Waals surface area contributed by atoms with Crippen LogP contribution in [-0.4, -0.2) is 20.1 Å². The van der Waals surface area contributed by atoms with E-state index in [1.807, 2.05) is 0 Å². The Morgan fingerprint density at radius 2 is 1.90 bits per heavy atom. The maximum absolute atomic E-state index is 13.1. The summed E-state index contributed by atoms with van der Waals surface area (Å²) in [5.41, 5.74) is 0.459. The van der Waals surface area contributed by atoms with Gasteiger partial charge in [-0.05, 0) is 43.5 Å². The molecule has 2 nitrogen and oxygen atoms in total. The Labute approximate surface area is 118 Å². The summed E-state index contributed by atoms with van der Waals surface area (Å²) in [7, 11) is 1.65. The van der Waals surface area contributed by atoms with Gasteiger partial charge in [-0.2, -0.15) is 13.2 Å². The summed E-state index contributed by atoms with van der Waals surface area (Å²) < 4.78 is 39.4. The summed E-state index contributed by atoms with van der Waals surface area (Å²) in [6, 6.07) is 4.69. The second-order valence-corrected chi connectivity index (χ2v) is 5.54. The van der Waals surface area contributed by atoms with Gasteiger partial charge in [-0.25, -0.2) is 0 Å². The molecule has 0 unspecified atom stereocenters. The van der Waals surface area contributed by atoms with E-state index in [0.29, 0.717) is 17.2 Å². The third-order valence-corrected chi connectivity index (χ3v) is 3.91. The molecule has 1 fully saturated rings. The van der Waals surface area contributed by atoms with Crippen LogP contribution in [0.25, 0.3) is 0 Å². The maximum atomic E-state index is 13.1. The molecule has 1 N–H and O–H groups in total. The van der Waals surface area contributed by atoms with E-state index in [1.54, 1.807) is 19.2 Å². The lowest BCUT2D eigenvalue weighted by Gasteiger charge is -2.32. The first-order chi connectivity index (χ1) is 9.41. The molecule has 5 heteroatoms. The molecule has 0 aromatic heterocycles. The Hall–Kier alpha value is -1.23. The first-order valence-electron chi connectivity index (χ1n) is 7.01. The Bertz CT molecular complexity index is 449. The van der Waals surface area contributed by atoms with Crippen molar-refractivity contribution in [2.75, 3.05) is 25.0 Å². The fraction of sp³-hybridized carbons (Fsp3) is 0.600. The van der Waals surface area contributed by atoms with E-state index in [4.69, 9.17) is 0 Å². The first kappa shape index (κ1) is 15.2. The molecule has 1 aromatic rings. The van der Waals surface area contributed by atoms with Crippen LogP contribution in [0, 0.1) is 5.92 Å². The fourth-order valence-electron chi connectivity index (χ4n) is 2.64. The number of nitrogens with zero attached hydrogens (tertiary/aromatic N) is 1. The lowest BCUT2D eigenvalue weighted by molar-refractivity contribution is -0.138. The molecule has 112 valence electrons. The molecule has 0 aliphatic carbocycles. The van der Waals surface area contributed by atoms with Crippen LogP contribution in [-0.2, 0) is 12.7 Å². The zero-order valence-electron chi connectivity index (χ0n) is 11.9. The van der Waals surface area contributed by atoms with E-state index in [2.05, 4.69) is 17.1 Å². The highest BCUT2D eigenvalue weighted by molar-refractivity contribution is 5.52. The monoisotopic (exact) mass is 286 g/mol. The molecule has 0 spiro atoms. The third kappa shape index (κ3) is 3.45. The number of benzene rings is 1. The van der Waals surface area contributed by atoms with Crippen LogP contribution in [0.3, 0.4) is 0 Å². The molecule has 1 aliphatic rings. The van der Waals surface area contributed by atoms with Crippen LogP contribution in [0.15, 0.2) is 18.2 Å². The molecule has 2 rings (SSSR count). The number of anilines is 1. The Balaban J connectivity index is 2.27. The molecular formula is C15H21F3N2. The average Bonchev–Trinajstić information content (AvgIpc) is 2.39. The predicted octanol–water partition coefficient (Wildman–Crippen LogP) is 3.66. The molecule has 1 aromatic carbocycles. The van der Waals surface area contributed by atoms with Gasteiger partial charge < -0.3 is 10.2 Å². The van der Waals surface area contributed by atoms with Crippen molar-refractivity contribution in [2.45, 2.75) is 32.5 Å². The number of rotatable bonds is 3. The normalized spacial score (nSPS) is 17.6. The number of hydrogen-bond donors (Lipinski definition) is 1. The molecule has 1 heterocycles. The number of piperidine rings is 1. The van der Waals surface area contributed by atoms with Crippen molar-refractivity contribution in [1.82, 2.24) is 5.32 Å². The van der Waals surface area contributed by atoms with Crippen molar-refractivity contribution < 1.29 is 13.2 Å². The van der Waals surface area contributed by atoms with Crippen LogP contribution >= 0.6 is 0 Å². The van der Waals surface area contributed by atoms with Crippen LogP contribution in [0.4, 0.5) is 18.9 Å². The molecule has 0 saturated carbocycles. The Morgan fingerprint density at radius 3 is 2.45 bits per heavy atom. The van der Waals surface area contributed by atoms with E-state index < -0.39 is 11.7 Å². The zero-order chi connectivity index (χ0) is 14.8. The maximum Gasteiger partial charge on any atom is 0.416 e. The second-order valence-electron chi connectivity index (χ2n) is 5.54. The number of halogens is 3. The van der Waals surface area contributed by atoms with Gasteiger partial charge >= 0.3 is 6.18 Å². The highest BCUT2D eigenvalue weighted by atomic mass is 19.4. The molecule has 0 amide bonds. The van der Waals surface area contributed by atoms with Gasteiger partial charge in [0.05, 0.1) is 5.56 Å². The topological polar surface area (TPSA) is 15.3 Å². The second kappa shape index (κ2) is 6.04. The van der Waals surface area contributed by atoms with E-state index >= 15 is 0 Å². The lowest BCUT2D eigenvalue weighted by Crippen LogP contribution is -2.33. The minimum absolute atomic E-state index is 0.228. The van der Waals surface area contributed by atoms with Gasteiger partial charge in [0.1, 0.15) is 0 Å². The Morgan fingerprint density at radius 1 is 1.25 bits per heavy atom. The van der Waals surface area contributed by atoms with Gasteiger partial charge in [-0.1, -0.05) is 13.0 Å². The van der Waals surface area contributed by atoms with E-state index in [0.717, 1.165) is 25.9 Å². The summed E-state index contributed by atoms with van der Waals surface area (Å²) in [6.07, 6.45) is -2.22. The van der Waals surface area contributed by atoms with Crippen LogP contribution in [0.1, 0.15) is 30.9 Å². The van der Waals surface area contributed by atoms with Gasteiger partial charge in [0.25, 0.3) is 0 Å². The van der Waals surface area contributed by atoms with Crippen molar-refractivity contribution >= 4 is 5.69 Å². The summed E-state index contributed by atoms with van der Waals surface area (Å²) in [5.74, 6) is 0.664. The third-order valence-electron chi connectivity index (χ3n) is 3.91. The van der Waals surface area contributed by atoms with Crippen molar-refractivity contribution in [3.8, 4) is 0 Å². The fourth-order valence-corrected chi connectivity index (χ4v) is 2.64. The lowest BCUT2D eigenvalue weighted by atomic mass is 9.98. The first-order valence-corrected chi connectivity index (χ1v) is 7.01. The van der Waals surface area contributed by atoms with Gasteiger partial charge in [-0.3, -0.25) is 0 Å². The highest BCUT2D eigenvalue weighted by Gasteiger charge is 2.34. The standard InChI is InChI=1S/C15H21F3N2/c1-11-5-7-20(8-6-11)13-4-3-12(10-19-2)14(9-13)15(16,17)18/h3-4,9,11,19H,5-8,10H2,1-2H3. The van der Waals surface area contributed by atoms with Crippen LogP contribution in [0.2, 0.25) is 0 Å². The molecule has 0 atom stereocenters. The van der Waals surface area contributed by atoms with Crippen molar-refractivity contribution in [2.24, 2.45) is 5.92 Å². The SMILES string of the molecule is CNCc1ccc(N2CCC(C)CC2)cc1C(F)(F)F. The van der Waals surface area contributed by atoms with Gasteiger partial charge in [0, 0.05) is 25.3 Å². The molecule has 1 saturated heterocycles. The van der Waals surface area contributed by atoms with Crippen LogP contribution < -0.4 is 10.2 Å². The highest BCUT2D eigenvalue weighted by Crippen LogP contribution is 2.35. The van der Waals surface area contributed by atoms with Gasteiger partial charge in [0.15, 0.2) is 0 Å². The summed E-state index contributed by atoms with van der Waals surface area (Å²) >= 11 is 0. The van der Waals surface area contributed by atoms with E-state index in [1.165, 1.54) is 6.07 Å². The predicted molar refractivity (Wildman–Crippen MR) is 74.8 cm³/mol. The van der Waals surface area contributed by atoms with Gasteiger partial charge in [0.2, 0.25) is 0 Å². The Kier molecular flexibility index (Phi) is 4.58. The molecule has 1 aliphatic heterocycles. The minimum atomic E-state index is -4.30. The summed E-state index contributed by atoms with van der Waals surface area (Å²) in [6.45, 7) is 4.09. The smallest absolute Gasteiger partial charge is 0.372 e. The quantitative estimate of drug-likeness (QED) is 0.912. The number of nitrogens with one attached hydrogen (secondary N) is 1. The van der Waals surface area contributed by atoms with Crippen molar-refractivity contribution in [3.63, 3.8) is 0 Å². The molecule has 0 radical (unpaired) electrons. The van der Waals surface area contributed by atoms with Gasteiger partial charge in [-0.15, -0.1) is 0 Å². The summed E-state index contributed by atoms with van der Waals surface area (Å²) in [5, 5.41) is 2.79. The van der Waals surface area contributed by atoms with E-state index in [9.17, 15) is 13.2 Å². The summed E-state index contributed by atoms with van der Waals surface area (Å²) in [4.78, 5) is 2.05. The minimum Gasteiger partial charge on any atom is -0.372 e. The van der Waals surface area contributed by atoms with Crippen molar-refractivity contribution in [3.05, 3.63) is 29.3 Å². The molecule has 20 heavy (non-hydrogen) atoms. The number of alkyl halides is 3. The number of hydrogen-bond acceptors (Lipinski definition) is 2. The molecule has 0 bridgehead atoms. The van der Waals surface area contributed by atoms with Crippen molar-refractivity contribution in [1.29, 1.82) is 0 Å². The zero-order valence-corrected chi connectivity index (χ0v) is 11.9. The largest absolute Gasteiger partial charge is 0.416 e. The average molecular weight is 286 g/mol.